The maximum absolute atomic E-state index is 13.5. The van der Waals surface area contributed by atoms with Gasteiger partial charge in [0.05, 0.1) is 0 Å². The van der Waals surface area contributed by atoms with E-state index in [4.69, 9.17) is 5.11 Å². The Balaban J connectivity index is 1.82. The quantitative estimate of drug-likeness (QED) is 0.792. The highest BCUT2D eigenvalue weighted by molar-refractivity contribution is 5.96. The summed E-state index contributed by atoms with van der Waals surface area (Å²) in [5.74, 6) is -3.27. The summed E-state index contributed by atoms with van der Waals surface area (Å²) in [4.78, 5) is 36.6. The van der Waals surface area contributed by atoms with Gasteiger partial charge in [0, 0.05) is 25.6 Å². The molecular formula is C18H23FN2O4. The standard InChI is InChI=1S/C18H23FN2O4/c1-11-3-4-13(9-15(11)19)10-20-16(22)14-5-7-21(8-6-14)17(23)12(2)18(24)25/h3-4,9,12,14H,5-8,10H2,1-2H3,(H,20,22)(H,24,25). The van der Waals surface area contributed by atoms with Gasteiger partial charge in [-0.15, -0.1) is 0 Å². The number of carboxylic acid groups (broad SMARTS) is 1. The Morgan fingerprint density at radius 2 is 1.96 bits per heavy atom. The van der Waals surface area contributed by atoms with Crippen LogP contribution in [0.5, 0.6) is 0 Å². The minimum Gasteiger partial charge on any atom is -0.481 e. The van der Waals surface area contributed by atoms with Crippen LogP contribution in [0.2, 0.25) is 0 Å². The summed E-state index contributed by atoms with van der Waals surface area (Å²) in [5, 5.41) is 11.7. The van der Waals surface area contributed by atoms with Crippen LogP contribution in [0.1, 0.15) is 30.9 Å². The molecule has 2 rings (SSSR count). The molecule has 0 aromatic heterocycles. The number of hydrogen-bond acceptors (Lipinski definition) is 3. The smallest absolute Gasteiger partial charge is 0.315 e. The predicted octanol–water partition coefficient (Wildman–Crippen LogP) is 1.71. The number of carbonyl (C=O) groups is 3. The van der Waals surface area contributed by atoms with Crippen LogP contribution in [0.25, 0.3) is 0 Å². The molecule has 1 aromatic carbocycles. The first-order valence-electron chi connectivity index (χ1n) is 8.34. The monoisotopic (exact) mass is 350 g/mol. The number of carbonyl (C=O) groups excluding carboxylic acids is 2. The van der Waals surface area contributed by atoms with Gasteiger partial charge in [0.1, 0.15) is 11.7 Å². The lowest BCUT2D eigenvalue weighted by atomic mass is 9.95. The van der Waals surface area contributed by atoms with Gasteiger partial charge in [0.15, 0.2) is 0 Å². The number of nitrogens with one attached hydrogen (secondary N) is 1. The van der Waals surface area contributed by atoms with E-state index in [2.05, 4.69) is 5.32 Å². The lowest BCUT2D eigenvalue weighted by Crippen LogP contribution is -2.45. The maximum atomic E-state index is 13.5. The highest BCUT2D eigenvalue weighted by Gasteiger charge is 2.31. The average Bonchev–Trinajstić information content (AvgIpc) is 2.61. The summed E-state index contributed by atoms with van der Waals surface area (Å²) in [6.45, 7) is 4.04. The fourth-order valence-corrected chi connectivity index (χ4v) is 2.82. The fourth-order valence-electron chi connectivity index (χ4n) is 2.82. The van der Waals surface area contributed by atoms with Crippen molar-refractivity contribution >= 4 is 17.8 Å². The molecule has 0 spiro atoms. The highest BCUT2D eigenvalue weighted by Crippen LogP contribution is 2.19. The third kappa shape index (κ3) is 4.78. The van der Waals surface area contributed by atoms with Crippen molar-refractivity contribution in [2.45, 2.75) is 33.2 Å². The second-order valence-corrected chi connectivity index (χ2v) is 6.46. The minimum atomic E-state index is -1.14. The fraction of sp³-hybridized carbons (Fsp3) is 0.500. The van der Waals surface area contributed by atoms with Crippen molar-refractivity contribution in [3.8, 4) is 0 Å². The summed E-state index contributed by atoms with van der Waals surface area (Å²) in [6, 6.07) is 4.85. The van der Waals surface area contributed by atoms with Gasteiger partial charge >= 0.3 is 5.97 Å². The molecule has 0 saturated carbocycles. The van der Waals surface area contributed by atoms with Crippen LogP contribution < -0.4 is 5.32 Å². The average molecular weight is 350 g/mol. The molecule has 2 N–H and O–H groups in total. The summed E-state index contributed by atoms with van der Waals surface area (Å²) in [6.07, 6.45) is 0.984. The molecule has 1 fully saturated rings. The van der Waals surface area contributed by atoms with Crippen molar-refractivity contribution in [3.63, 3.8) is 0 Å². The molecule has 1 saturated heterocycles. The Bertz CT molecular complexity index is 669. The number of nitrogens with zero attached hydrogens (tertiary/aromatic N) is 1. The lowest BCUT2D eigenvalue weighted by molar-refractivity contribution is -0.151. The molecule has 1 aliphatic heterocycles. The second-order valence-electron chi connectivity index (χ2n) is 6.46. The van der Waals surface area contributed by atoms with Gasteiger partial charge in [0.2, 0.25) is 11.8 Å². The number of halogens is 1. The van der Waals surface area contributed by atoms with E-state index < -0.39 is 17.8 Å². The summed E-state index contributed by atoms with van der Waals surface area (Å²) in [7, 11) is 0. The Hall–Kier alpha value is -2.44. The third-order valence-corrected chi connectivity index (χ3v) is 4.62. The molecule has 7 heteroatoms. The summed E-state index contributed by atoms with van der Waals surface area (Å²) < 4.78 is 13.5. The number of aliphatic carboxylic acids is 1. The molecule has 25 heavy (non-hydrogen) atoms. The molecule has 136 valence electrons. The van der Waals surface area contributed by atoms with Crippen LogP contribution in [0.15, 0.2) is 18.2 Å². The van der Waals surface area contributed by atoms with E-state index in [0.717, 1.165) is 0 Å². The Kier molecular flexibility index (Phi) is 6.12. The molecule has 6 nitrogen and oxygen atoms in total. The van der Waals surface area contributed by atoms with Gasteiger partial charge in [0.25, 0.3) is 0 Å². The first-order chi connectivity index (χ1) is 11.8. The van der Waals surface area contributed by atoms with Crippen molar-refractivity contribution in [1.29, 1.82) is 0 Å². The summed E-state index contributed by atoms with van der Waals surface area (Å²) in [5.41, 5.74) is 1.25. The van der Waals surface area contributed by atoms with Gasteiger partial charge in [-0.2, -0.15) is 0 Å². The van der Waals surface area contributed by atoms with E-state index >= 15 is 0 Å². The lowest BCUT2D eigenvalue weighted by Gasteiger charge is -2.32. The zero-order valence-corrected chi connectivity index (χ0v) is 14.4. The Labute approximate surface area is 146 Å². The van der Waals surface area contributed by atoms with Gasteiger partial charge < -0.3 is 15.3 Å². The molecule has 1 unspecified atom stereocenters. The van der Waals surface area contributed by atoms with E-state index in [1.54, 1.807) is 19.1 Å². The number of aryl methyl sites for hydroxylation is 1. The van der Waals surface area contributed by atoms with E-state index in [-0.39, 0.29) is 24.2 Å². The first-order valence-corrected chi connectivity index (χ1v) is 8.34. The largest absolute Gasteiger partial charge is 0.481 e. The van der Waals surface area contributed by atoms with Gasteiger partial charge in [-0.05, 0) is 43.9 Å². The third-order valence-electron chi connectivity index (χ3n) is 4.62. The normalized spacial score (nSPS) is 16.4. The number of carboxylic acids is 1. The molecule has 1 aromatic rings. The van der Waals surface area contributed by atoms with Crippen LogP contribution in [0, 0.1) is 24.6 Å². The maximum Gasteiger partial charge on any atom is 0.315 e. The highest BCUT2D eigenvalue weighted by atomic mass is 19.1. The number of rotatable bonds is 5. The molecule has 2 amide bonds. The first kappa shape index (κ1) is 18.9. The van der Waals surface area contributed by atoms with Crippen LogP contribution >= 0.6 is 0 Å². The van der Waals surface area contributed by atoms with Crippen LogP contribution in [0.4, 0.5) is 4.39 Å². The molecule has 0 aliphatic carbocycles. The van der Waals surface area contributed by atoms with Crippen molar-refractivity contribution in [1.82, 2.24) is 10.2 Å². The van der Waals surface area contributed by atoms with Gasteiger partial charge in [-0.25, -0.2) is 4.39 Å². The van der Waals surface area contributed by atoms with Crippen LogP contribution in [-0.2, 0) is 20.9 Å². The topological polar surface area (TPSA) is 86.7 Å². The number of piperidine rings is 1. The SMILES string of the molecule is Cc1ccc(CNC(=O)C2CCN(C(=O)C(C)C(=O)O)CC2)cc1F. The van der Waals surface area contributed by atoms with Crippen molar-refractivity contribution in [2.24, 2.45) is 11.8 Å². The Morgan fingerprint density at radius 1 is 1.32 bits per heavy atom. The van der Waals surface area contributed by atoms with Crippen molar-refractivity contribution in [3.05, 3.63) is 35.1 Å². The van der Waals surface area contributed by atoms with E-state index in [1.165, 1.54) is 17.9 Å². The zero-order chi connectivity index (χ0) is 18.6. The minimum absolute atomic E-state index is 0.126. The molecule has 1 heterocycles. The van der Waals surface area contributed by atoms with E-state index in [1.807, 2.05) is 0 Å². The predicted molar refractivity (Wildman–Crippen MR) is 89.1 cm³/mol. The number of benzene rings is 1. The summed E-state index contributed by atoms with van der Waals surface area (Å²) >= 11 is 0. The molecule has 0 radical (unpaired) electrons. The van der Waals surface area contributed by atoms with Crippen LogP contribution in [0.3, 0.4) is 0 Å². The van der Waals surface area contributed by atoms with Crippen LogP contribution in [-0.4, -0.2) is 40.9 Å². The van der Waals surface area contributed by atoms with Gasteiger partial charge in [-0.1, -0.05) is 12.1 Å². The van der Waals surface area contributed by atoms with E-state index in [9.17, 15) is 18.8 Å². The molecule has 1 aliphatic rings. The van der Waals surface area contributed by atoms with Crippen molar-refractivity contribution in [2.75, 3.05) is 13.1 Å². The second kappa shape index (κ2) is 8.09. The number of hydrogen-bond donors (Lipinski definition) is 2. The number of amides is 2. The Morgan fingerprint density at radius 3 is 2.52 bits per heavy atom. The molecule has 0 bridgehead atoms. The van der Waals surface area contributed by atoms with Crippen molar-refractivity contribution < 1.29 is 23.9 Å². The molecular weight excluding hydrogens is 327 g/mol. The number of likely N-dealkylation sites (tertiary alicyclic amines) is 1. The van der Waals surface area contributed by atoms with Gasteiger partial charge in [-0.3, -0.25) is 14.4 Å². The zero-order valence-electron chi connectivity index (χ0n) is 14.4. The molecule has 1 atom stereocenters. The van der Waals surface area contributed by atoms with E-state index in [0.29, 0.717) is 37.1 Å².